The van der Waals surface area contributed by atoms with Gasteiger partial charge >= 0.3 is 0 Å². The quantitative estimate of drug-likeness (QED) is 0.643. The summed E-state index contributed by atoms with van der Waals surface area (Å²) in [6.45, 7) is 3.89. The Morgan fingerprint density at radius 1 is 1.27 bits per heavy atom. The fourth-order valence-corrected chi connectivity index (χ4v) is 2.58. The molecule has 0 radical (unpaired) electrons. The van der Waals surface area contributed by atoms with Crippen molar-refractivity contribution in [3.8, 4) is 5.75 Å². The van der Waals surface area contributed by atoms with E-state index in [0.29, 0.717) is 24.4 Å². The number of hydrogen-bond donors (Lipinski definition) is 2. The Labute approximate surface area is 151 Å². The van der Waals surface area contributed by atoms with Crippen molar-refractivity contribution < 1.29 is 9.53 Å². The predicted octanol–water partition coefficient (Wildman–Crippen LogP) is 2.09. The van der Waals surface area contributed by atoms with Crippen LogP contribution in [-0.4, -0.2) is 45.9 Å². The summed E-state index contributed by atoms with van der Waals surface area (Å²) in [5.41, 5.74) is 1.30. The van der Waals surface area contributed by atoms with Crippen LogP contribution in [0.5, 0.6) is 5.75 Å². The van der Waals surface area contributed by atoms with Crippen LogP contribution in [0.3, 0.4) is 0 Å². The molecule has 1 amide bonds. The second-order valence-corrected chi connectivity index (χ2v) is 5.74. The standard InChI is InChI=1S/C18H22N6O2/c1-3-7-19-16-15-11-23-24(17(15)22-12-21-16)9-8-20-18(25)13-5-4-6-14(10-13)26-2/h4-6,10-12H,3,7-9H2,1-2H3,(H,20,25)(H,19,21,22). The molecular formula is C18H22N6O2. The van der Waals surface area contributed by atoms with Gasteiger partial charge in [-0.1, -0.05) is 13.0 Å². The lowest BCUT2D eigenvalue weighted by Crippen LogP contribution is -2.27. The van der Waals surface area contributed by atoms with E-state index in [-0.39, 0.29) is 5.91 Å². The lowest BCUT2D eigenvalue weighted by Gasteiger charge is -2.08. The maximum absolute atomic E-state index is 12.2. The highest BCUT2D eigenvalue weighted by atomic mass is 16.5. The third-order valence-corrected chi connectivity index (χ3v) is 3.92. The summed E-state index contributed by atoms with van der Waals surface area (Å²) in [4.78, 5) is 20.8. The Balaban J connectivity index is 1.63. The average molecular weight is 354 g/mol. The number of rotatable bonds is 8. The van der Waals surface area contributed by atoms with Gasteiger partial charge in [-0.25, -0.2) is 14.6 Å². The van der Waals surface area contributed by atoms with Gasteiger partial charge in [0.25, 0.3) is 5.91 Å². The molecule has 0 unspecified atom stereocenters. The number of fused-ring (bicyclic) bond motifs is 1. The van der Waals surface area contributed by atoms with Gasteiger partial charge in [-0.3, -0.25) is 4.79 Å². The topological polar surface area (TPSA) is 94.0 Å². The van der Waals surface area contributed by atoms with Crippen LogP contribution in [0.2, 0.25) is 0 Å². The molecule has 26 heavy (non-hydrogen) atoms. The zero-order valence-electron chi connectivity index (χ0n) is 14.9. The molecule has 136 valence electrons. The van der Waals surface area contributed by atoms with Crippen LogP contribution >= 0.6 is 0 Å². The van der Waals surface area contributed by atoms with Crippen molar-refractivity contribution in [1.29, 1.82) is 0 Å². The molecule has 2 aromatic heterocycles. The number of carbonyl (C=O) groups excluding carboxylic acids is 1. The Kier molecular flexibility index (Phi) is 5.62. The summed E-state index contributed by atoms with van der Waals surface area (Å²) < 4.78 is 6.91. The molecule has 3 aromatic rings. The van der Waals surface area contributed by atoms with Gasteiger partial charge < -0.3 is 15.4 Å². The maximum Gasteiger partial charge on any atom is 0.251 e. The van der Waals surface area contributed by atoms with Crippen LogP contribution in [0, 0.1) is 0 Å². The molecule has 8 heteroatoms. The van der Waals surface area contributed by atoms with Gasteiger partial charge in [0.15, 0.2) is 5.65 Å². The number of nitrogens with one attached hydrogen (secondary N) is 2. The Morgan fingerprint density at radius 2 is 2.15 bits per heavy atom. The van der Waals surface area contributed by atoms with Crippen molar-refractivity contribution in [2.24, 2.45) is 0 Å². The molecule has 0 aliphatic heterocycles. The summed E-state index contributed by atoms with van der Waals surface area (Å²) in [6, 6.07) is 7.05. The van der Waals surface area contributed by atoms with Crippen LogP contribution in [0.1, 0.15) is 23.7 Å². The van der Waals surface area contributed by atoms with Gasteiger partial charge in [-0.15, -0.1) is 0 Å². The van der Waals surface area contributed by atoms with Crippen molar-refractivity contribution in [3.63, 3.8) is 0 Å². The highest BCUT2D eigenvalue weighted by Crippen LogP contribution is 2.18. The number of methoxy groups -OCH3 is 1. The molecule has 2 heterocycles. The first-order valence-corrected chi connectivity index (χ1v) is 8.55. The Hall–Kier alpha value is -3.16. The molecule has 1 aromatic carbocycles. The third kappa shape index (κ3) is 3.90. The molecule has 8 nitrogen and oxygen atoms in total. The molecule has 2 N–H and O–H groups in total. The second kappa shape index (κ2) is 8.28. The summed E-state index contributed by atoms with van der Waals surface area (Å²) in [7, 11) is 1.57. The molecule has 0 fully saturated rings. The number of hydrogen-bond acceptors (Lipinski definition) is 6. The maximum atomic E-state index is 12.2. The van der Waals surface area contributed by atoms with E-state index in [0.717, 1.165) is 29.8 Å². The number of nitrogens with zero attached hydrogens (tertiary/aromatic N) is 4. The summed E-state index contributed by atoms with van der Waals surface area (Å²) >= 11 is 0. The van der Waals surface area contributed by atoms with Crippen molar-refractivity contribution >= 4 is 22.8 Å². The number of benzene rings is 1. The zero-order chi connectivity index (χ0) is 18.4. The largest absolute Gasteiger partial charge is 0.497 e. The molecule has 0 aliphatic rings. The van der Waals surface area contributed by atoms with Gasteiger partial charge in [0.2, 0.25) is 0 Å². The zero-order valence-corrected chi connectivity index (χ0v) is 14.9. The van der Waals surface area contributed by atoms with Gasteiger partial charge in [-0.05, 0) is 24.6 Å². The van der Waals surface area contributed by atoms with E-state index in [1.807, 2.05) is 0 Å². The Morgan fingerprint density at radius 3 is 2.96 bits per heavy atom. The highest BCUT2D eigenvalue weighted by molar-refractivity contribution is 5.94. The number of aromatic nitrogens is 4. The van der Waals surface area contributed by atoms with Gasteiger partial charge in [0.05, 0.1) is 25.2 Å². The van der Waals surface area contributed by atoms with E-state index in [4.69, 9.17) is 4.74 Å². The van der Waals surface area contributed by atoms with Crippen LogP contribution in [0.25, 0.3) is 11.0 Å². The number of carbonyl (C=O) groups is 1. The molecule has 0 saturated carbocycles. The smallest absolute Gasteiger partial charge is 0.251 e. The SMILES string of the molecule is CCCNc1ncnc2c1cnn2CCNC(=O)c1cccc(OC)c1. The first-order valence-electron chi connectivity index (χ1n) is 8.55. The fourth-order valence-electron chi connectivity index (χ4n) is 2.58. The lowest BCUT2D eigenvalue weighted by molar-refractivity contribution is 0.0951. The normalized spacial score (nSPS) is 10.7. The van der Waals surface area contributed by atoms with E-state index in [1.54, 1.807) is 42.3 Å². The minimum atomic E-state index is -0.153. The van der Waals surface area contributed by atoms with E-state index in [9.17, 15) is 4.79 Å². The summed E-state index contributed by atoms with van der Waals surface area (Å²) in [6.07, 6.45) is 4.28. The van der Waals surface area contributed by atoms with Crippen molar-refractivity contribution in [2.45, 2.75) is 19.9 Å². The molecule has 0 spiro atoms. The van der Waals surface area contributed by atoms with E-state index < -0.39 is 0 Å². The monoisotopic (exact) mass is 354 g/mol. The van der Waals surface area contributed by atoms with Gasteiger partial charge in [-0.2, -0.15) is 5.10 Å². The molecule has 3 rings (SSSR count). The summed E-state index contributed by atoms with van der Waals surface area (Å²) in [5, 5.41) is 11.4. The average Bonchev–Trinajstić information content (AvgIpc) is 3.10. The third-order valence-electron chi connectivity index (χ3n) is 3.92. The van der Waals surface area contributed by atoms with Crippen LogP contribution in [0.4, 0.5) is 5.82 Å². The molecule has 0 bridgehead atoms. The summed E-state index contributed by atoms with van der Waals surface area (Å²) in [5.74, 6) is 1.28. The molecule has 0 atom stereocenters. The van der Waals surface area contributed by atoms with E-state index in [2.05, 4.69) is 32.6 Å². The first-order chi connectivity index (χ1) is 12.7. The first kappa shape index (κ1) is 17.7. The van der Waals surface area contributed by atoms with Crippen molar-refractivity contribution in [2.75, 3.05) is 25.5 Å². The van der Waals surface area contributed by atoms with E-state index >= 15 is 0 Å². The number of ether oxygens (including phenoxy) is 1. The second-order valence-electron chi connectivity index (χ2n) is 5.74. The van der Waals surface area contributed by atoms with Crippen LogP contribution in [-0.2, 0) is 6.54 Å². The van der Waals surface area contributed by atoms with Crippen LogP contribution in [0.15, 0.2) is 36.8 Å². The molecule has 0 aliphatic carbocycles. The fraction of sp³-hybridized carbons (Fsp3) is 0.333. The Bertz CT molecular complexity index is 892. The minimum absolute atomic E-state index is 0.153. The highest BCUT2D eigenvalue weighted by Gasteiger charge is 2.10. The van der Waals surface area contributed by atoms with E-state index in [1.165, 1.54) is 6.33 Å². The molecular weight excluding hydrogens is 332 g/mol. The van der Waals surface area contributed by atoms with Crippen LogP contribution < -0.4 is 15.4 Å². The van der Waals surface area contributed by atoms with Gasteiger partial charge in [0, 0.05) is 18.7 Å². The number of anilines is 1. The van der Waals surface area contributed by atoms with Crippen molar-refractivity contribution in [3.05, 3.63) is 42.4 Å². The number of amides is 1. The molecule has 0 saturated heterocycles. The predicted molar refractivity (Wildman–Crippen MR) is 99.4 cm³/mol. The van der Waals surface area contributed by atoms with Crippen molar-refractivity contribution in [1.82, 2.24) is 25.1 Å². The lowest BCUT2D eigenvalue weighted by atomic mass is 10.2. The van der Waals surface area contributed by atoms with Gasteiger partial charge in [0.1, 0.15) is 17.9 Å². The minimum Gasteiger partial charge on any atom is -0.497 e.